The maximum Gasteiger partial charge on any atom is 0.251 e. The van der Waals surface area contributed by atoms with Crippen LogP contribution in [0.15, 0.2) is 60.3 Å². The molecule has 9 heteroatoms. The molecule has 0 saturated heterocycles. The van der Waals surface area contributed by atoms with Crippen molar-refractivity contribution in [1.29, 1.82) is 0 Å². The van der Waals surface area contributed by atoms with Crippen LogP contribution in [0.5, 0.6) is 0 Å². The molecule has 0 aliphatic rings. The lowest BCUT2D eigenvalue weighted by Crippen LogP contribution is -2.28. The number of hydrogen-bond acceptors (Lipinski definition) is 5. The van der Waals surface area contributed by atoms with Crippen molar-refractivity contribution in [2.45, 2.75) is 38.5 Å². The molecule has 33 heavy (non-hydrogen) atoms. The van der Waals surface area contributed by atoms with Crippen LogP contribution in [-0.4, -0.2) is 32.3 Å². The van der Waals surface area contributed by atoms with E-state index in [0.717, 1.165) is 16.8 Å². The molecule has 0 aliphatic heterocycles. The Hall–Kier alpha value is -3.10. The molecule has 1 aromatic heterocycles. The van der Waals surface area contributed by atoms with Crippen LogP contribution in [0.1, 0.15) is 40.3 Å². The Balaban J connectivity index is 1.66. The van der Waals surface area contributed by atoms with Gasteiger partial charge < -0.3 is 15.2 Å². The van der Waals surface area contributed by atoms with Crippen LogP contribution in [0.2, 0.25) is 5.02 Å². The largest absolute Gasteiger partial charge is 0.342 e. The van der Waals surface area contributed by atoms with E-state index >= 15 is 0 Å². The highest BCUT2D eigenvalue weighted by Crippen LogP contribution is 2.22. The van der Waals surface area contributed by atoms with Gasteiger partial charge in [-0.25, -0.2) is 0 Å². The second-order valence-electron chi connectivity index (χ2n) is 7.60. The lowest BCUT2D eigenvalue weighted by atomic mass is 10.1. The highest BCUT2D eigenvalue weighted by atomic mass is 35.5. The van der Waals surface area contributed by atoms with E-state index < -0.39 is 6.04 Å². The quantitative estimate of drug-likeness (QED) is 0.332. The van der Waals surface area contributed by atoms with Crippen molar-refractivity contribution in [1.82, 2.24) is 20.1 Å². The number of aromatic nitrogens is 3. The van der Waals surface area contributed by atoms with Crippen LogP contribution in [0.3, 0.4) is 0 Å². The molecule has 2 N–H and O–H groups in total. The monoisotopic (exact) mass is 483 g/mol. The number of carbonyl (C=O) groups excluding carboxylic acids is 2. The average Bonchev–Trinajstić information content (AvgIpc) is 3.17. The maximum absolute atomic E-state index is 12.6. The molecule has 2 amide bonds. The number of amides is 2. The maximum atomic E-state index is 12.6. The first kappa shape index (κ1) is 24.5. The summed E-state index contributed by atoms with van der Waals surface area (Å²) in [5, 5.41) is 15.5. The zero-order valence-corrected chi connectivity index (χ0v) is 20.3. The molecule has 3 rings (SSSR count). The van der Waals surface area contributed by atoms with Gasteiger partial charge >= 0.3 is 0 Å². The topological polar surface area (TPSA) is 88.9 Å². The van der Waals surface area contributed by atoms with Crippen LogP contribution >= 0.6 is 23.4 Å². The summed E-state index contributed by atoms with van der Waals surface area (Å²) < 4.78 is 1.84. The molecule has 0 aliphatic carbocycles. The number of halogens is 1. The number of benzene rings is 2. The molecule has 0 radical (unpaired) electrons. The summed E-state index contributed by atoms with van der Waals surface area (Å²) in [5.74, 6) is 0.378. The fraction of sp³-hybridized carbons (Fsp3) is 0.250. The Bertz CT molecular complexity index is 1160. The van der Waals surface area contributed by atoms with Crippen molar-refractivity contribution in [2.24, 2.45) is 0 Å². The van der Waals surface area contributed by atoms with E-state index in [1.54, 1.807) is 30.3 Å². The summed E-state index contributed by atoms with van der Waals surface area (Å²) >= 11 is 7.17. The van der Waals surface area contributed by atoms with Gasteiger partial charge in [-0.15, -0.1) is 16.8 Å². The number of thioether (sulfide) groups is 1. The molecule has 0 spiro atoms. The van der Waals surface area contributed by atoms with Crippen LogP contribution < -0.4 is 10.6 Å². The van der Waals surface area contributed by atoms with Gasteiger partial charge in [0.15, 0.2) is 11.0 Å². The van der Waals surface area contributed by atoms with Crippen LogP contribution in [-0.2, 0) is 11.3 Å². The van der Waals surface area contributed by atoms with E-state index in [4.69, 9.17) is 11.6 Å². The highest BCUT2D eigenvalue weighted by Gasteiger charge is 2.20. The van der Waals surface area contributed by atoms with Crippen molar-refractivity contribution in [2.75, 3.05) is 11.1 Å². The van der Waals surface area contributed by atoms with Gasteiger partial charge in [-0.3, -0.25) is 9.59 Å². The summed E-state index contributed by atoms with van der Waals surface area (Å²) in [5.41, 5.74) is 3.44. The molecule has 1 atom stereocenters. The third-order valence-corrected chi connectivity index (χ3v) is 6.11. The molecule has 7 nitrogen and oxygen atoms in total. The third-order valence-electron chi connectivity index (χ3n) is 4.89. The first-order chi connectivity index (χ1) is 15.8. The second kappa shape index (κ2) is 11.2. The highest BCUT2D eigenvalue weighted by molar-refractivity contribution is 7.99. The zero-order chi connectivity index (χ0) is 24.0. The number of anilines is 1. The first-order valence-electron chi connectivity index (χ1n) is 10.4. The Morgan fingerprint density at radius 1 is 1.18 bits per heavy atom. The first-order valence-corrected chi connectivity index (χ1v) is 11.7. The van der Waals surface area contributed by atoms with Crippen LogP contribution in [0.4, 0.5) is 5.69 Å². The van der Waals surface area contributed by atoms with Crippen molar-refractivity contribution >= 4 is 40.9 Å². The molecule has 3 aromatic rings. The van der Waals surface area contributed by atoms with Gasteiger partial charge in [0.2, 0.25) is 5.91 Å². The average molecular weight is 484 g/mol. The fourth-order valence-corrected chi connectivity index (χ4v) is 4.12. The minimum absolute atomic E-state index is 0.134. The zero-order valence-electron chi connectivity index (χ0n) is 18.8. The van der Waals surface area contributed by atoms with Gasteiger partial charge in [-0.05, 0) is 56.7 Å². The predicted octanol–water partition coefficient (Wildman–Crippen LogP) is 4.96. The normalized spacial score (nSPS) is 11.6. The number of rotatable bonds is 9. The summed E-state index contributed by atoms with van der Waals surface area (Å²) in [6, 6.07) is 12.1. The van der Waals surface area contributed by atoms with E-state index in [2.05, 4.69) is 27.4 Å². The molecule has 2 aromatic carbocycles. The molecule has 0 saturated carbocycles. The number of nitrogens with zero attached hydrogens (tertiary/aromatic N) is 3. The van der Waals surface area contributed by atoms with Crippen LogP contribution in [0.25, 0.3) is 0 Å². The molecular formula is C24H26ClN5O2S. The van der Waals surface area contributed by atoms with Crippen molar-refractivity contribution in [3.8, 4) is 0 Å². The lowest BCUT2D eigenvalue weighted by Gasteiger charge is -2.15. The molecular weight excluding hydrogens is 458 g/mol. The predicted molar refractivity (Wildman–Crippen MR) is 133 cm³/mol. The Morgan fingerprint density at radius 2 is 1.91 bits per heavy atom. The van der Waals surface area contributed by atoms with Gasteiger partial charge in [-0.1, -0.05) is 47.1 Å². The number of allylic oxidation sites excluding steroid dienone is 1. The Morgan fingerprint density at radius 3 is 2.58 bits per heavy atom. The van der Waals surface area contributed by atoms with E-state index in [1.165, 1.54) is 11.8 Å². The summed E-state index contributed by atoms with van der Waals surface area (Å²) in [7, 11) is 0. The summed E-state index contributed by atoms with van der Waals surface area (Å²) in [6.45, 7) is 10.0. The number of nitrogens with one attached hydrogen (secondary N) is 2. The number of aryl methyl sites for hydroxylation is 2. The SMILES string of the molecule is C=CCn1c(SCC(=O)Nc2ccc(C)cc2C)nnc1[C@H](C)NC(=O)c1ccc(Cl)cc1. The molecule has 0 fully saturated rings. The van der Waals surface area contributed by atoms with E-state index in [9.17, 15) is 9.59 Å². The lowest BCUT2D eigenvalue weighted by molar-refractivity contribution is -0.113. The van der Waals surface area contributed by atoms with Crippen molar-refractivity contribution < 1.29 is 9.59 Å². The summed E-state index contributed by atoms with van der Waals surface area (Å²) in [4.78, 5) is 25.0. The van der Waals surface area contributed by atoms with E-state index in [-0.39, 0.29) is 17.6 Å². The van der Waals surface area contributed by atoms with Crippen molar-refractivity contribution in [3.63, 3.8) is 0 Å². The third kappa shape index (κ3) is 6.46. The van der Waals surface area contributed by atoms with Gasteiger partial charge in [0.05, 0.1) is 11.8 Å². The number of carbonyl (C=O) groups is 2. The molecule has 172 valence electrons. The fourth-order valence-electron chi connectivity index (χ4n) is 3.24. The van der Waals surface area contributed by atoms with E-state index in [0.29, 0.717) is 28.1 Å². The van der Waals surface area contributed by atoms with E-state index in [1.807, 2.05) is 43.5 Å². The molecule has 0 unspecified atom stereocenters. The smallest absolute Gasteiger partial charge is 0.251 e. The van der Waals surface area contributed by atoms with Gasteiger partial charge in [0.1, 0.15) is 0 Å². The molecule has 1 heterocycles. The van der Waals surface area contributed by atoms with Crippen LogP contribution in [0, 0.1) is 13.8 Å². The summed E-state index contributed by atoms with van der Waals surface area (Å²) in [6.07, 6.45) is 1.72. The minimum atomic E-state index is -0.404. The van der Waals surface area contributed by atoms with Crippen molar-refractivity contribution in [3.05, 3.63) is 82.7 Å². The minimum Gasteiger partial charge on any atom is -0.342 e. The second-order valence-corrected chi connectivity index (χ2v) is 8.98. The van der Waals surface area contributed by atoms with Gasteiger partial charge in [0.25, 0.3) is 5.91 Å². The standard InChI is InChI=1S/C24H26ClN5O2S/c1-5-12-30-22(17(4)26-23(32)18-7-9-19(25)10-8-18)28-29-24(30)33-14-21(31)27-20-11-6-15(2)13-16(20)3/h5-11,13,17H,1,12,14H2,2-4H3,(H,26,32)(H,27,31)/t17-/m0/s1. The Kier molecular flexibility index (Phi) is 8.30. The van der Waals surface area contributed by atoms with Gasteiger partial charge in [-0.2, -0.15) is 0 Å². The molecule has 0 bridgehead atoms. The van der Waals surface area contributed by atoms with Gasteiger partial charge in [0, 0.05) is 22.8 Å². The Labute approximate surface area is 202 Å². The number of hydrogen-bond donors (Lipinski definition) is 2.